The summed E-state index contributed by atoms with van der Waals surface area (Å²) in [6.07, 6.45) is 3.82. The van der Waals surface area contributed by atoms with E-state index in [4.69, 9.17) is 4.74 Å². The second-order valence-corrected chi connectivity index (χ2v) is 7.49. The Morgan fingerprint density at radius 3 is 2.40 bits per heavy atom. The Bertz CT molecular complexity index is 545. The van der Waals surface area contributed by atoms with Crippen molar-refractivity contribution in [2.24, 2.45) is 11.8 Å². The molecule has 2 unspecified atom stereocenters. The molecule has 25 heavy (non-hydrogen) atoms. The molecule has 138 valence electrons. The van der Waals surface area contributed by atoms with Crippen LogP contribution >= 0.6 is 0 Å². The third kappa shape index (κ3) is 4.95. The first-order valence-corrected chi connectivity index (χ1v) is 9.59. The fourth-order valence-corrected chi connectivity index (χ4v) is 4.08. The van der Waals surface area contributed by atoms with Gasteiger partial charge in [-0.2, -0.15) is 0 Å². The van der Waals surface area contributed by atoms with Crippen molar-refractivity contribution < 1.29 is 9.53 Å². The van der Waals surface area contributed by atoms with Crippen molar-refractivity contribution in [2.45, 2.75) is 39.2 Å². The van der Waals surface area contributed by atoms with E-state index in [2.05, 4.69) is 41.5 Å². The van der Waals surface area contributed by atoms with Gasteiger partial charge in [-0.05, 0) is 48.9 Å². The predicted molar refractivity (Wildman–Crippen MR) is 102 cm³/mol. The monoisotopic (exact) mass is 345 g/mol. The number of ether oxygens (including phenoxy) is 1. The lowest BCUT2D eigenvalue weighted by Gasteiger charge is -2.35. The zero-order chi connectivity index (χ0) is 17.6. The number of nitrogens with one attached hydrogen (secondary N) is 2. The molecule has 5 nitrogen and oxygen atoms in total. The van der Waals surface area contributed by atoms with Crippen LogP contribution in [0.2, 0.25) is 0 Å². The number of hydrogen-bond acceptors (Lipinski definition) is 4. The maximum Gasteiger partial charge on any atom is 0.238 e. The highest BCUT2D eigenvalue weighted by atomic mass is 16.5. The molecule has 0 aromatic heterocycles. The van der Waals surface area contributed by atoms with Crippen LogP contribution in [-0.4, -0.2) is 44.8 Å². The average Bonchev–Trinajstić information content (AvgIpc) is 2.63. The number of nitrogens with zero attached hydrogens (tertiary/aromatic N) is 1. The number of anilines is 2. The molecule has 0 spiro atoms. The molecule has 1 aromatic rings. The van der Waals surface area contributed by atoms with E-state index in [0.29, 0.717) is 24.4 Å². The van der Waals surface area contributed by atoms with Gasteiger partial charge in [0, 0.05) is 30.5 Å². The van der Waals surface area contributed by atoms with Crippen LogP contribution in [-0.2, 0) is 9.53 Å². The van der Waals surface area contributed by atoms with E-state index in [-0.39, 0.29) is 5.91 Å². The van der Waals surface area contributed by atoms with Crippen molar-refractivity contribution in [1.29, 1.82) is 0 Å². The van der Waals surface area contributed by atoms with Gasteiger partial charge in [0.25, 0.3) is 0 Å². The summed E-state index contributed by atoms with van der Waals surface area (Å²) >= 11 is 0. The van der Waals surface area contributed by atoms with Crippen molar-refractivity contribution in [3.05, 3.63) is 24.3 Å². The molecule has 1 aliphatic heterocycles. The van der Waals surface area contributed by atoms with Gasteiger partial charge in [-0.15, -0.1) is 0 Å². The van der Waals surface area contributed by atoms with Crippen LogP contribution in [0.3, 0.4) is 0 Å². The van der Waals surface area contributed by atoms with E-state index < -0.39 is 0 Å². The van der Waals surface area contributed by atoms with Crippen LogP contribution in [0.25, 0.3) is 0 Å². The number of rotatable bonds is 5. The van der Waals surface area contributed by atoms with E-state index >= 15 is 0 Å². The molecular formula is C20H31N3O2. The fraction of sp³-hybridized carbons (Fsp3) is 0.650. The van der Waals surface area contributed by atoms with Crippen LogP contribution in [0.15, 0.2) is 24.3 Å². The summed E-state index contributed by atoms with van der Waals surface area (Å²) in [7, 11) is 0. The molecule has 0 bridgehead atoms. The van der Waals surface area contributed by atoms with Gasteiger partial charge in [-0.1, -0.05) is 20.3 Å². The lowest BCUT2D eigenvalue weighted by Crippen LogP contribution is -2.45. The summed E-state index contributed by atoms with van der Waals surface area (Å²) in [5.41, 5.74) is 2.04. The van der Waals surface area contributed by atoms with Crippen molar-refractivity contribution >= 4 is 17.3 Å². The third-order valence-electron chi connectivity index (χ3n) is 5.57. The number of benzene rings is 1. The molecule has 1 aromatic carbocycles. The molecule has 1 saturated heterocycles. The second kappa shape index (κ2) is 8.68. The number of hydrogen-bond donors (Lipinski definition) is 2. The van der Waals surface area contributed by atoms with Gasteiger partial charge >= 0.3 is 0 Å². The Hall–Kier alpha value is -1.59. The van der Waals surface area contributed by atoms with Crippen LogP contribution in [0.1, 0.15) is 33.1 Å². The van der Waals surface area contributed by atoms with E-state index in [0.717, 1.165) is 32.0 Å². The predicted octanol–water partition coefficient (Wildman–Crippen LogP) is 2.88. The van der Waals surface area contributed by atoms with Crippen LogP contribution in [0.5, 0.6) is 0 Å². The number of morpholine rings is 1. The number of amides is 1. The third-order valence-corrected chi connectivity index (χ3v) is 5.57. The van der Waals surface area contributed by atoms with Crippen molar-refractivity contribution in [2.75, 3.05) is 43.1 Å². The molecule has 3 rings (SSSR count). The minimum absolute atomic E-state index is 0.0316. The normalized spacial score (nSPS) is 27.1. The molecule has 1 amide bonds. The molecule has 2 aliphatic rings. The SMILES string of the molecule is CC1CCCC(C)C1NCC(=O)Nc1ccc(N2CCOCC2)cc1. The average molecular weight is 345 g/mol. The first-order valence-electron chi connectivity index (χ1n) is 9.59. The van der Waals surface area contributed by atoms with Gasteiger partial charge in [-0.3, -0.25) is 4.79 Å². The Morgan fingerprint density at radius 1 is 1.12 bits per heavy atom. The maximum atomic E-state index is 12.3. The van der Waals surface area contributed by atoms with Gasteiger partial charge < -0.3 is 20.3 Å². The zero-order valence-corrected chi connectivity index (χ0v) is 15.5. The Kier molecular flexibility index (Phi) is 6.32. The Balaban J connectivity index is 1.47. The largest absolute Gasteiger partial charge is 0.378 e. The zero-order valence-electron chi connectivity index (χ0n) is 15.5. The Morgan fingerprint density at radius 2 is 1.76 bits per heavy atom. The second-order valence-electron chi connectivity index (χ2n) is 7.49. The lowest BCUT2D eigenvalue weighted by molar-refractivity contribution is -0.115. The highest BCUT2D eigenvalue weighted by molar-refractivity contribution is 5.92. The quantitative estimate of drug-likeness (QED) is 0.862. The van der Waals surface area contributed by atoms with Crippen LogP contribution < -0.4 is 15.5 Å². The van der Waals surface area contributed by atoms with E-state index in [1.165, 1.54) is 24.9 Å². The molecule has 1 saturated carbocycles. The van der Waals surface area contributed by atoms with E-state index in [9.17, 15) is 4.79 Å². The summed E-state index contributed by atoms with van der Waals surface area (Å²) in [6.45, 7) is 8.36. The summed E-state index contributed by atoms with van der Waals surface area (Å²) in [4.78, 5) is 14.6. The summed E-state index contributed by atoms with van der Waals surface area (Å²) in [6, 6.07) is 8.55. The van der Waals surface area contributed by atoms with E-state index in [1.807, 2.05) is 12.1 Å². The lowest BCUT2D eigenvalue weighted by atomic mass is 9.79. The standard InChI is InChI=1S/C20H31N3O2/c1-15-4-3-5-16(2)20(15)21-14-19(24)22-17-6-8-18(9-7-17)23-10-12-25-13-11-23/h6-9,15-16,20-21H,3-5,10-14H2,1-2H3,(H,22,24). The first-order chi connectivity index (χ1) is 12.1. The van der Waals surface area contributed by atoms with Crippen LogP contribution in [0.4, 0.5) is 11.4 Å². The van der Waals surface area contributed by atoms with Crippen molar-refractivity contribution in [3.63, 3.8) is 0 Å². The smallest absolute Gasteiger partial charge is 0.238 e. The molecule has 5 heteroatoms. The minimum atomic E-state index is 0.0316. The van der Waals surface area contributed by atoms with Crippen LogP contribution in [0, 0.1) is 11.8 Å². The highest BCUT2D eigenvalue weighted by Crippen LogP contribution is 2.28. The van der Waals surface area contributed by atoms with Gasteiger partial charge in [-0.25, -0.2) is 0 Å². The molecule has 2 atom stereocenters. The highest BCUT2D eigenvalue weighted by Gasteiger charge is 2.27. The van der Waals surface area contributed by atoms with Gasteiger partial charge in [0.15, 0.2) is 0 Å². The summed E-state index contributed by atoms with van der Waals surface area (Å²) in [5, 5.41) is 6.47. The molecule has 2 fully saturated rings. The summed E-state index contributed by atoms with van der Waals surface area (Å²) < 4.78 is 5.38. The summed E-state index contributed by atoms with van der Waals surface area (Å²) in [5.74, 6) is 1.32. The number of carbonyl (C=O) groups is 1. The molecular weight excluding hydrogens is 314 g/mol. The van der Waals surface area contributed by atoms with Gasteiger partial charge in [0.2, 0.25) is 5.91 Å². The first kappa shape index (κ1) is 18.2. The fourth-order valence-electron chi connectivity index (χ4n) is 4.08. The van der Waals surface area contributed by atoms with Gasteiger partial charge in [0.1, 0.15) is 0 Å². The van der Waals surface area contributed by atoms with Gasteiger partial charge in [0.05, 0.1) is 19.8 Å². The molecule has 2 N–H and O–H groups in total. The molecule has 1 aliphatic carbocycles. The van der Waals surface area contributed by atoms with Crippen molar-refractivity contribution in [3.8, 4) is 0 Å². The minimum Gasteiger partial charge on any atom is -0.378 e. The maximum absolute atomic E-state index is 12.3. The van der Waals surface area contributed by atoms with E-state index in [1.54, 1.807) is 0 Å². The molecule has 0 radical (unpaired) electrons. The topological polar surface area (TPSA) is 53.6 Å². The van der Waals surface area contributed by atoms with Crippen molar-refractivity contribution in [1.82, 2.24) is 5.32 Å². The Labute approximate surface area is 151 Å². The number of carbonyl (C=O) groups excluding carboxylic acids is 1. The molecule has 1 heterocycles.